The van der Waals surface area contributed by atoms with Crippen molar-refractivity contribution in [2.75, 3.05) is 0 Å². The van der Waals surface area contributed by atoms with E-state index in [0.29, 0.717) is 0 Å². The molecule has 0 spiro atoms. The van der Waals surface area contributed by atoms with Crippen molar-refractivity contribution < 1.29 is 0 Å². The quantitative estimate of drug-likeness (QED) is 0.0421. The summed E-state index contributed by atoms with van der Waals surface area (Å²) in [6.07, 6.45) is 111. The second-order valence-corrected chi connectivity index (χ2v) is 26.6. The average molecular weight is 1190 g/mol. The van der Waals surface area contributed by atoms with Crippen LogP contribution in [0.15, 0.2) is 74.4 Å². The van der Waals surface area contributed by atoms with Crippen molar-refractivity contribution in [3.8, 4) is 0 Å². The van der Waals surface area contributed by atoms with Crippen molar-refractivity contribution in [3.05, 3.63) is 74.4 Å². The summed E-state index contributed by atoms with van der Waals surface area (Å²) in [5.41, 5.74) is 1.82. The van der Waals surface area contributed by atoms with E-state index in [1.807, 2.05) is 23.8 Å². The summed E-state index contributed by atoms with van der Waals surface area (Å²) >= 11 is 0. The second kappa shape index (κ2) is 93.6. The monoisotopic (exact) mass is 1190 g/mol. The summed E-state index contributed by atoms with van der Waals surface area (Å²) < 4.78 is 0. The van der Waals surface area contributed by atoms with Crippen LogP contribution >= 0.6 is 0 Å². The molecule has 0 aliphatic carbocycles. The lowest BCUT2D eigenvalue weighted by Crippen LogP contribution is -1.89. The molecule has 0 bridgehead atoms. The molecule has 0 aliphatic heterocycles. The van der Waals surface area contributed by atoms with E-state index in [9.17, 15) is 0 Å². The molecule has 0 saturated carbocycles. The molecule has 0 aromatic heterocycles. The lowest BCUT2D eigenvalue weighted by Gasteiger charge is -2.09. The van der Waals surface area contributed by atoms with Crippen molar-refractivity contribution >= 4 is 0 Å². The third-order valence-corrected chi connectivity index (χ3v) is 17.7. The molecule has 0 fully saturated rings. The van der Waals surface area contributed by atoms with Gasteiger partial charge in [0.2, 0.25) is 0 Å². The molecule has 0 heterocycles. The molecule has 0 rings (SSSR count). The number of allylic oxidation sites excluding steroid dienone is 8. The van der Waals surface area contributed by atoms with Gasteiger partial charge in [-0.15, -0.1) is 26.3 Å². The van der Waals surface area contributed by atoms with E-state index in [0.717, 1.165) is 0 Å². The Morgan fingerprint density at radius 3 is 0.518 bits per heavy atom. The highest BCUT2D eigenvalue weighted by atomic mass is 14.1. The molecule has 0 unspecified atom stereocenters. The van der Waals surface area contributed by atoms with Crippen LogP contribution in [0.5, 0.6) is 0 Å². The van der Waals surface area contributed by atoms with E-state index in [1.54, 1.807) is 0 Å². The van der Waals surface area contributed by atoms with E-state index >= 15 is 0 Å². The van der Waals surface area contributed by atoms with Crippen LogP contribution in [0, 0.1) is 0 Å². The summed E-state index contributed by atoms with van der Waals surface area (Å²) in [6, 6.07) is 0. The minimum absolute atomic E-state index is 1.20. The molecular weight excluding hydrogens is 1020 g/mol. The highest BCUT2D eigenvalue weighted by molar-refractivity contribution is 5.02. The van der Waals surface area contributed by atoms with Crippen LogP contribution in [0.25, 0.3) is 0 Å². The zero-order valence-corrected chi connectivity index (χ0v) is 60.5. The minimum Gasteiger partial charge on any atom is -0.103 e. The van der Waals surface area contributed by atoms with Crippen LogP contribution in [0.3, 0.4) is 0 Å². The topological polar surface area (TPSA) is 0 Å². The predicted octanol–water partition coefficient (Wildman–Crippen LogP) is 32.8. The molecule has 0 aromatic carbocycles. The molecule has 0 aromatic rings. The first-order chi connectivity index (χ1) is 42.1. The molecule has 0 radical (unpaired) electrons. The smallest absolute Gasteiger partial charge is 0.0320 e. The maximum absolute atomic E-state index is 3.83. The standard InChI is InChI=1S/C52H100.C12H24.C11H22.C10H20/c1-4-7-10-13-16-19-22-25-27-29-32-35-38-41-44-47-50-52(49-46-43-40-37-34-31-24-21-18-15-12-9-6-3)51-48-45-42-39-36-33-30-28-26-23-20-17-14-11-8-5-2;1-3-5-7-9-11-12-10-8-6-4-2;1-3-5-7-9-11-10-8-6-4-2;1-3-5-7-9-10-8-6-4-2/h4,26,28,49H,1,5-25,27,29-48,50-51H2,2-3H3;3H,1,4-12H2,2H3;3H,1,4-11H2,2H3;3H,1,4-10H2,2H3. The molecule has 85 heavy (non-hydrogen) atoms. The SMILES string of the molecule is C=CCCCCCCCC.C=CCCCCCCCCC.C=CCCCCCCCCCC.C=CCCCCCCCCCCCCCCCCC(=CCCCCCCCCCCCCCC)CCCCCCCCC=CCCCCCCCC. The van der Waals surface area contributed by atoms with Crippen LogP contribution in [-0.4, -0.2) is 0 Å². The molecule has 0 aliphatic rings. The fourth-order valence-corrected chi connectivity index (χ4v) is 11.7. The molecule has 0 N–H and O–H groups in total. The van der Waals surface area contributed by atoms with Gasteiger partial charge in [0.15, 0.2) is 0 Å². The molecule has 506 valence electrons. The van der Waals surface area contributed by atoms with E-state index < -0.39 is 0 Å². The van der Waals surface area contributed by atoms with Crippen molar-refractivity contribution in [3.63, 3.8) is 0 Å². The van der Waals surface area contributed by atoms with Gasteiger partial charge in [0.05, 0.1) is 0 Å². The van der Waals surface area contributed by atoms with Gasteiger partial charge in [-0.05, 0) is 116 Å². The molecule has 0 amide bonds. The normalized spacial score (nSPS) is 11.2. The summed E-state index contributed by atoms with van der Waals surface area (Å²) in [6.45, 7) is 26.4. The summed E-state index contributed by atoms with van der Waals surface area (Å²) in [5.74, 6) is 0. The lowest BCUT2D eigenvalue weighted by molar-refractivity contribution is 0.532. The Hall–Kier alpha value is -1.56. The summed E-state index contributed by atoms with van der Waals surface area (Å²) in [4.78, 5) is 0. The Morgan fingerprint density at radius 2 is 0.329 bits per heavy atom. The van der Waals surface area contributed by atoms with Crippen LogP contribution in [0.1, 0.15) is 471 Å². The predicted molar refractivity (Wildman–Crippen MR) is 400 cm³/mol. The van der Waals surface area contributed by atoms with Gasteiger partial charge in [-0.1, -0.05) is 404 Å². The molecule has 0 saturated heterocycles. The van der Waals surface area contributed by atoms with E-state index in [1.165, 1.54) is 437 Å². The van der Waals surface area contributed by atoms with Crippen molar-refractivity contribution in [1.29, 1.82) is 0 Å². The summed E-state index contributed by atoms with van der Waals surface area (Å²) in [7, 11) is 0. The van der Waals surface area contributed by atoms with Crippen LogP contribution in [0.4, 0.5) is 0 Å². The third kappa shape index (κ3) is 98.9. The average Bonchev–Trinajstić information content (AvgIpc) is 3.51. The van der Waals surface area contributed by atoms with Gasteiger partial charge in [0, 0.05) is 0 Å². The largest absolute Gasteiger partial charge is 0.103 e. The second-order valence-electron chi connectivity index (χ2n) is 26.6. The van der Waals surface area contributed by atoms with Gasteiger partial charge in [0.1, 0.15) is 0 Å². The van der Waals surface area contributed by atoms with Crippen molar-refractivity contribution in [2.45, 2.75) is 471 Å². The van der Waals surface area contributed by atoms with Crippen molar-refractivity contribution in [2.24, 2.45) is 0 Å². The van der Waals surface area contributed by atoms with Gasteiger partial charge >= 0.3 is 0 Å². The Bertz CT molecular complexity index is 1200. The fourth-order valence-electron chi connectivity index (χ4n) is 11.7. The Morgan fingerprint density at radius 1 is 0.176 bits per heavy atom. The molecule has 0 nitrogen and oxygen atoms in total. The lowest BCUT2D eigenvalue weighted by atomic mass is 9.97. The Kier molecular flexibility index (Phi) is 98.9. The third-order valence-electron chi connectivity index (χ3n) is 17.7. The Balaban J connectivity index is -0.000000790. The first-order valence-electron chi connectivity index (χ1n) is 39.9. The molecule has 0 atom stereocenters. The van der Waals surface area contributed by atoms with Crippen molar-refractivity contribution in [1.82, 2.24) is 0 Å². The van der Waals surface area contributed by atoms with Crippen LogP contribution < -0.4 is 0 Å². The minimum atomic E-state index is 1.20. The highest BCUT2D eigenvalue weighted by Crippen LogP contribution is 2.22. The summed E-state index contributed by atoms with van der Waals surface area (Å²) in [5, 5.41) is 0. The van der Waals surface area contributed by atoms with E-state index in [2.05, 4.69) is 85.2 Å². The van der Waals surface area contributed by atoms with E-state index in [4.69, 9.17) is 0 Å². The number of rotatable bonds is 70. The zero-order valence-electron chi connectivity index (χ0n) is 60.5. The maximum Gasteiger partial charge on any atom is -0.0320 e. The van der Waals surface area contributed by atoms with Gasteiger partial charge in [0.25, 0.3) is 0 Å². The van der Waals surface area contributed by atoms with Crippen LogP contribution in [-0.2, 0) is 0 Å². The van der Waals surface area contributed by atoms with Gasteiger partial charge < -0.3 is 0 Å². The van der Waals surface area contributed by atoms with Gasteiger partial charge in [-0.2, -0.15) is 0 Å². The first-order valence-corrected chi connectivity index (χ1v) is 39.9. The van der Waals surface area contributed by atoms with Crippen LogP contribution in [0.2, 0.25) is 0 Å². The highest BCUT2D eigenvalue weighted by Gasteiger charge is 2.02. The first kappa shape index (κ1) is 89.9. The Labute approximate surface area is 542 Å². The van der Waals surface area contributed by atoms with E-state index in [-0.39, 0.29) is 0 Å². The number of hydrogen-bond acceptors (Lipinski definition) is 0. The fraction of sp³-hybridized carbons (Fsp3) is 0.859. The number of hydrogen-bond donors (Lipinski definition) is 0. The zero-order chi connectivity index (χ0) is 62.6. The van der Waals surface area contributed by atoms with Gasteiger partial charge in [-0.25, -0.2) is 0 Å². The molecule has 0 heteroatoms. The maximum atomic E-state index is 3.83. The van der Waals surface area contributed by atoms with Gasteiger partial charge in [-0.3, -0.25) is 0 Å². The molecular formula is C85H166. The number of unbranched alkanes of at least 4 members (excludes halogenated alkanes) is 59.